The van der Waals surface area contributed by atoms with Crippen molar-refractivity contribution >= 4 is 11.3 Å². The molecule has 0 saturated heterocycles. The molecule has 0 aliphatic rings. The molecule has 1 N–H and O–H groups in total. The van der Waals surface area contributed by atoms with E-state index in [4.69, 9.17) is 0 Å². The molecular formula is C12H21NS. The smallest absolute Gasteiger partial charge is 0.0213 e. The van der Waals surface area contributed by atoms with Crippen LogP contribution >= 0.6 is 11.3 Å². The molecule has 0 aliphatic carbocycles. The van der Waals surface area contributed by atoms with Crippen LogP contribution in [0, 0.1) is 0 Å². The SMILES string of the molecule is CCCNCc1csc(C(C)(C)C)c1. The summed E-state index contributed by atoms with van der Waals surface area (Å²) in [5.41, 5.74) is 1.72. The Hall–Kier alpha value is -0.340. The van der Waals surface area contributed by atoms with Crippen molar-refractivity contribution in [1.82, 2.24) is 5.32 Å². The predicted octanol–water partition coefficient (Wildman–Crippen LogP) is 3.55. The molecule has 0 spiro atoms. The van der Waals surface area contributed by atoms with Crippen molar-refractivity contribution in [3.8, 4) is 0 Å². The summed E-state index contributed by atoms with van der Waals surface area (Å²) >= 11 is 1.87. The molecule has 1 aromatic heterocycles. The lowest BCUT2D eigenvalue weighted by atomic mass is 9.94. The second-order valence-corrected chi connectivity index (χ2v) is 5.66. The van der Waals surface area contributed by atoms with Gasteiger partial charge in [-0.25, -0.2) is 0 Å². The van der Waals surface area contributed by atoms with Gasteiger partial charge < -0.3 is 5.32 Å². The zero-order chi connectivity index (χ0) is 10.6. The van der Waals surface area contributed by atoms with Gasteiger partial charge in [-0.1, -0.05) is 27.7 Å². The molecule has 0 amide bonds. The molecule has 1 aromatic rings. The summed E-state index contributed by atoms with van der Waals surface area (Å²) in [4.78, 5) is 1.48. The first-order valence-electron chi connectivity index (χ1n) is 5.32. The lowest BCUT2D eigenvalue weighted by Crippen LogP contribution is -2.13. The highest BCUT2D eigenvalue weighted by atomic mass is 32.1. The fraction of sp³-hybridized carbons (Fsp3) is 0.667. The Balaban J connectivity index is 2.51. The van der Waals surface area contributed by atoms with Crippen molar-refractivity contribution < 1.29 is 0 Å². The van der Waals surface area contributed by atoms with Crippen LogP contribution in [0.3, 0.4) is 0 Å². The molecule has 80 valence electrons. The summed E-state index contributed by atoms with van der Waals surface area (Å²) in [5.74, 6) is 0. The van der Waals surface area contributed by atoms with E-state index in [9.17, 15) is 0 Å². The zero-order valence-electron chi connectivity index (χ0n) is 9.68. The lowest BCUT2D eigenvalue weighted by Gasteiger charge is -2.15. The second kappa shape index (κ2) is 4.94. The largest absolute Gasteiger partial charge is 0.313 e. The van der Waals surface area contributed by atoms with Crippen LogP contribution in [0.4, 0.5) is 0 Å². The Morgan fingerprint density at radius 2 is 2.07 bits per heavy atom. The molecule has 0 atom stereocenters. The summed E-state index contributed by atoms with van der Waals surface area (Å²) in [6, 6.07) is 2.33. The maximum Gasteiger partial charge on any atom is 0.0213 e. The normalized spacial score (nSPS) is 12.0. The van der Waals surface area contributed by atoms with Gasteiger partial charge in [0, 0.05) is 11.4 Å². The molecule has 1 rings (SSSR count). The van der Waals surface area contributed by atoms with Gasteiger partial charge in [0.1, 0.15) is 0 Å². The number of rotatable bonds is 4. The molecule has 2 heteroatoms. The minimum Gasteiger partial charge on any atom is -0.313 e. The van der Waals surface area contributed by atoms with Crippen molar-refractivity contribution in [3.63, 3.8) is 0 Å². The van der Waals surface area contributed by atoms with Gasteiger partial charge in [-0.15, -0.1) is 11.3 Å². The van der Waals surface area contributed by atoms with E-state index in [1.807, 2.05) is 11.3 Å². The predicted molar refractivity (Wildman–Crippen MR) is 65.0 cm³/mol. The van der Waals surface area contributed by atoms with E-state index in [1.54, 1.807) is 0 Å². The van der Waals surface area contributed by atoms with Crippen molar-refractivity contribution in [3.05, 3.63) is 21.9 Å². The molecule has 0 aromatic carbocycles. The van der Waals surface area contributed by atoms with Gasteiger partial charge in [0.05, 0.1) is 0 Å². The third-order valence-corrected chi connectivity index (χ3v) is 3.55. The van der Waals surface area contributed by atoms with E-state index in [1.165, 1.54) is 16.9 Å². The fourth-order valence-corrected chi connectivity index (χ4v) is 2.27. The van der Waals surface area contributed by atoms with Crippen molar-refractivity contribution in [1.29, 1.82) is 0 Å². The van der Waals surface area contributed by atoms with Crippen LogP contribution in [-0.2, 0) is 12.0 Å². The van der Waals surface area contributed by atoms with E-state index < -0.39 is 0 Å². The van der Waals surface area contributed by atoms with Crippen molar-refractivity contribution in [2.24, 2.45) is 0 Å². The molecule has 1 nitrogen and oxygen atoms in total. The van der Waals surface area contributed by atoms with Crippen LogP contribution < -0.4 is 5.32 Å². The highest BCUT2D eigenvalue weighted by Crippen LogP contribution is 2.28. The highest BCUT2D eigenvalue weighted by Gasteiger charge is 2.15. The van der Waals surface area contributed by atoms with Crippen LogP contribution in [0.15, 0.2) is 11.4 Å². The van der Waals surface area contributed by atoms with E-state index >= 15 is 0 Å². The van der Waals surface area contributed by atoms with Crippen LogP contribution in [0.25, 0.3) is 0 Å². The molecule has 0 radical (unpaired) electrons. The Bertz CT molecular complexity index is 270. The number of hydrogen-bond donors (Lipinski definition) is 1. The summed E-state index contributed by atoms with van der Waals surface area (Å²) < 4.78 is 0. The quantitative estimate of drug-likeness (QED) is 0.751. The maximum atomic E-state index is 3.42. The van der Waals surface area contributed by atoms with Crippen LogP contribution in [0.2, 0.25) is 0 Å². The molecule has 0 saturated carbocycles. The van der Waals surface area contributed by atoms with Crippen LogP contribution in [0.5, 0.6) is 0 Å². The van der Waals surface area contributed by atoms with E-state index in [0.717, 1.165) is 13.1 Å². The van der Waals surface area contributed by atoms with Gasteiger partial charge in [-0.2, -0.15) is 0 Å². The van der Waals surface area contributed by atoms with Crippen molar-refractivity contribution in [2.75, 3.05) is 6.54 Å². The second-order valence-electron chi connectivity index (χ2n) is 4.75. The molecule has 0 bridgehead atoms. The molecular weight excluding hydrogens is 190 g/mol. The third kappa shape index (κ3) is 3.43. The molecule has 14 heavy (non-hydrogen) atoms. The van der Waals surface area contributed by atoms with Gasteiger partial charge >= 0.3 is 0 Å². The minimum atomic E-state index is 0.299. The van der Waals surface area contributed by atoms with Crippen LogP contribution in [0.1, 0.15) is 44.6 Å². The van der Waals surface area contributed by atoms with E-state index in [-0.39, 0.29) is 0 Å². The molecule has 0 fully saturated rings. The highest BCUT2D eigenvalue weighted by molar-refractivity contribution is 7.10. The third-order valence-electron chi connectivity index (χ3n) is 2.15. The van der Waals surface area contributed by atoms with Gasteiger partial charge in [0.15, 0.2) is 0 Å². The summed E-state index contributed by atoms with van der Waals surface area (Å²) in [6.07, 6.45) is 1.20. The first-order valence-corrected chi connectivity index (χ1v) is 6.20. The van der Waals surface area contributed by atoms with Crippen molar-refractivity contribution in [2.45, 2.75) is 46.1 Å². The van der Waals surface area contributed by atoms with Crippen LogP contribution in [-0.4, -0.2) is 6.54 Å². The number of hydrogen-bond acceptors (Lipinski definition) is 2. The number of nitrogens with one attached hydrogen (secondary N) is 1. The standard InChI is InChI=1S/C12H21NS/c1-5-6-13-8-10-7-11(14-9-10)12(2,3)4/h7,9,13H,5-6,8H2,1-4H3. The molecule has 0 aliphatic heterocycles. The maximum absolute atomic E-state index is 3.42. The van der Waals surface area contributed by atoms with E-state index in [2.05, 4.69) is 44.5 Å². The Kier molecular flexibility index (Phi) is 4.14. The summed E-state index contributed by atoms with van der Waals surface area (Å²) in [6.45, 7) is 11.1. The first-order chi connectivity index (χ1) is 6.54. The monoisotopic (exact) mass is 211 g/mol. The molecule has 0 unspecified atom stereocenters. The van der Waals surface area contributed by atoms with Gasteiger partial charge in [-0.3, -0.25) is 0 Å². The Morgan fingerprint density at radius 3 is 2.57 bits per heavy atom. The Labute approximate surface area is 91.5 Å². The average Bonchev–Trinajstić information content (AvgIpc) is 2.52. The zero-order valence-corrected chi connectivity index (χ0v) is 10.5. The summed E-state index contributed by atoms with van der Waals surface area (Å²) in [5, 5.41) is 5.69. The summed E-state index contributed by atoms with van der Waals surface area (Å²) in [7, 11) is 0. The topological polar surface area (TPSA) is 12.0 Å². The lowest BCUT2D eigenvalue weighted by molar-refractivity contribution is 0.602. The fourth-order valence-electron chi connectivity index (χ4n) is 1.27. The molecule has 1 heterocycles. The Morgan fingerprint density at radius 1 is 1.36 bits per heavy atom. The van der Waals surface area contributed by atoms with E-state index in [0.29, 0.717) is 5.41 Å². The minimum absolute atomic E-state index is 0.299. The van der Waals surface area contributed by atoms with Gasteiger partial charge in [-0.05, 0) is 35.4 Å². The first kappa shape index (κ1) is 11.7. The van der Waals surface area contributed by atoms with Gasteiger partial charge in [0.25, 0.3) is 0 Å². The average molecular weight is 211 g/mol. The number of thiophene rings is 1. The van der Waals surface area contributed by atoms with Gasteiger partial charge in [0.2, 0.25) is 0 Å².